The van der Waals surface area contributed by atoms with E-state index in [9.17, 15) is 18.0 Å². The van der Waals surface area contributed by atoms with E-state index >= 15 is 0 Å². The third kappa shape index (κ3) is 6.81. The lowest BCUT2D eigenvalue weighted by Gasteiger charge is -2.36. The minimum absolute atomic E-state index is 0.378. The maximum Gasteiger partial charge on any atom is 0.490 e. The molecule has 136 valence electrons. The molecule has 1 fully saturated rings. The molecule has 0 radical (unpaired) electrons. The highest BCUT2D eigenvalue weighted by molar-refractivity contribution is 7.07. The van der Waals surface area contributed by atoms with E-state index < -0.39 is 18.1 Å². The summed E-state index contributed by atoms with van der Waals surface area (Å²) in [5, 5.41) is 18.1. The second-order valence-electron chi connectivity index (χ2n) is 5.11. The van der Waals surface area contributed by atoms with E-state index in [4.69, 9.17) is 15.0 Å². The first-order valence-electron chi connectivity index (χ1n) is 6.97. The number of nitrogens with zero attached hydrogens (tertiary/aromatic N) is 3. The van der Waals surface area contributed by atoms with Gasteiger partial charge in [0.25, 0.3) is 0 Å². The normalized spacial score (nSPS) is 17.7. The number of rotatable bonds is 4. The first-order chi connectivity index (χ1) is 11.1. The minimum Gasteiger partial charge on any atom is -0.480 e. The molecule has 0 aliphatic carbocycles. The third-order valence-electron chi connectivity index (χ3n) is 3.42. The zero-order valence-electron chi connectivity index (χ0n) is 12.9. The molecule has 11 heteroatoms. The lowest BCUT2D eigenvalue weighted by molar-refractivity contribution is -0.192. The topological polar surface area (TPSA) is 94.0 Å². The fourth-order valence-electron chi connectivity index (χ4n) is 2.01. The standard InChI is InChI=1S/C11H17N3O2S.C2HF3O2/c1-9(11(15)16)14-4-2-13(3-5-14)6-10-7-17-8-12-10;3-2(4,5)1(6)7/h7-9H,2-6H2,1H3,(H,15,16);(H,6,7). The summed E-state index contributed by atoms with van der Waals surface area (Å²) in [4.78, 5) is 28.4. The van der Waals surface area contributed by atoms with Crippen LogP contribution in [0, 0.1) is 0 Å². The monoisotopic (exact) mass is 369 g/mol. The number of carboxylic acids is 2. The van der Waals surface area contributed by atoms with E-state index in [2.05, 4.69) is 15.3 Å². The van der Waals surface area contributed by atoms with Gasteiger partial charge in [-0.25, -0.2) is 9.78 Å². The van der Waals surface area contributed by atoms with Gasteiger partial charge in [-0.3, -0.25) is 14.6 Å². The fourth-order valence-corrected chi connectivity index (χ4v) is 2.56. The first-order valence-corrected chi connectivity index (χ1v) is 7.92. The van der Waals surface area contributed by atoms with Gasteiger partial charge in [0.1, 0.15) is 6.04 Å². The molecule has 24 heavy (non-hydrogen) atoms. The van der Waals surface area contributed by atoms with Crippen molar-refractivity contribution in [1.29, 1.82) is 0 Å². The SMILES string of the molecule is CC(C(=O)O)N1CCN(Cc2cscn2)CC1.O=C(O)C(F)(F)F. The van der Waals surface area contributed by atoms with Crippen LogP contribution in [-0.2, 0) is 16.1 Å². The van der Waals surface area contributed by atoms with Crippen molar-refractivity contribution in [3.63, 3.8) is 0 Å². The van der Waals surface area contributed by atoms with E-state index in [1.165, 1.54) is 0 Å². The summed E-state index contributed by atoms with van der Waals surface area (Å²) in [6.07, 6.45) is -5.08. The number of alkyl halides is 3. The molecule has 0 bridgehead atoms. The molecule has 1 aliphatic rings. The Hall–Kier alpha value is -1.72. The van der Waals surface area contributed by atoms with Gasteiger partial charge in [-0.05, 0) is 6.92 Å². The Labute approximate surface area is 140 Å². The van der Waals surface area contributed by atoms with Gasteiger partial charge >= 0.3 is 18.1 Å². The quantitative estimate of drug-likeness (QED) is 0.828. The molecule has 2 heterocycles. The summed E-state index contributed by atoms with van der Waals surface area (Å²) in [6.45, 7) is 6.08. The Bertz CT molecular complexity index is 531. The van der Waals surface area contributed by atoms with E-state index in [0.717, 1.165) is 38.4 Å². The second kappa shape index (κ2) is 8.94. The molecule has 0 spiro atoms. The average molecular weight is 369 g/mol. The van der Waals surface area contributed by atoms with Crippen LogP contribution in [0.4, 0.5) is 13.2 Å². The third-order valence-corrected chi connectivity index (χ3v) is 4.06. The molecule has 1 aromatic heterocycles. The van der Waals surface area contributed by atoms with Gasteiger partial charge in [0, 0.05) is 38.1 Å². The highest BCUT2D eigenvalue weighted by Crippen LogP contribution is 2.13. The molecule has 0 amide bonds. The molecule has 0 aromatic carbocycles. The number of piperazine rings is 1. The number of aromatic nitrogens is 1. The molecule has 1 aliphatic heterocycles. The Morgan fingerprint density at radius 2 is 1.83 bits per heavy atom. The van der Waals surface area contributed by atoms with Crippen molar-refractivity contribution in [1.82, 2.24) is 14.8 Å². The van der Waals surface area contributed by atoms with Gasteiger partial charge in [0.2, 0.25) is 0 Å². The van der Waals surface area contributed by atoms with Crippen molar-refractivity contribution < 1.29 is 33.0 Å². The summed E-state index contributed by atoms with van der Waals surface area (Å²) in [6, 6.07) is -0.378. The number of halogens is 3. The van der Waals surface area contributed by atoms with Crippen molar-refractivity contribution in [3.8, 4) is 0 Å². The van der Waals surface area contributed by atoms with Crippen LogP contribution < -0.4 is 0 Å². The Morgan fingerprint density at radius 3 is 2.21 bits per heavy atom. The Kier molecular flexibility index (Phi) is 7.58. The van der Waals surface area contributed by atoms with E-state index in [0.29, 0.717) is 0 Å². The predicted octanol–water partition coefficient (Wildman–Crippen LogP) is 1.37. The lowest BCUT2D eigenvalue weighted by atomic mass is 10.2. The molecule has 1 unspecified atom stereocenters. The molecular formula is C13H18F3N3O4S. The van der Waals surface area contributed by atoms with Gasteiger partial charge in [-0.1, -0.05) is 0 Å². The summed E-state index contributed by atoms with van der Waals surface area (Å²) >= 11 is 1.61. The Morgan fingerprint density at radius 1 is 1.29 bits per heavy atom. The van der Waals surface area contributed by atoms with Crippen LogP contribution in [0.5, 0.6) is 0 Å². The molecule has 0 saturated carbocycles. The average Bonchev–Trinajstić information content (AvgIpc) is 3.00. The number of thiazole rings is 1. The molecule has 1 saturated heterocycles. The predicted molar refractivity (Wildman–Crippen MR) is 79.8 cm³/mol. The maximum atomic E-state index is 10.9. The number of carbonyl (C=O) groups is 2. The number of hydrogen-bond donors (Lipinski definition) is 2. The van der Waals surface area contributed by atoms with Crippen LogP contribution in [0.2, 0.25) is 0 Å². The largest absolute Gasteiger partial charge is 0.490 e. The number of hydrogen-bond acceptors (Lipinski definition) is 6. The van der Waals surface area contributed by atoms with Crippen molar-refractivity contribution in [2.75, 3.05) is 26.2 Å². The zero-order chi connectivity index (χ0) is 18.3. The number of aliphatic carboxylic acids is 2. The van der Waals surface area contributed by atoms with Crippen LogP contribution in [0.3, 0.4) is 0 Å². The van der Waals surface area contributed by atoms with Gasteiger partial charge in [-0.15, -0.1) is 11.3 Å². The first kappa shape index (κ1) is 20.3. The molecule has 1 atom stereocenters. The van der Waals surface area contributed by atoms with Gasteiger partial charge in [0.15, 0.2) is 0 Å². The summed E-state index contributed by atoms with van der Waals surface area (Å²) in [7, 11) is 0. The van der Waals surface area contributed by atoms with Crippen molar-refractivity contribution >= 4 is 23.3 Å². The summed E-state index contributed by atoms with van der Waals surface area (Å²) in [5.74, 6) is -3.49. The van der Waals surface area contributed by atoms with Crippen molar-refractivity contribution in [3.05, 3.63) is 16.6 Å². The summed E-state index contributed by atoms with van der Waals surface area (Å²) < 4.78 is 31.7. The van der Waals surface area contributed by atoms with E-state index in [1.54, 1.807) is 18.3 Å². The van der Waals surface area contributed by atoms with E-state index in [1.807, 2.05) is 10.4 Å². The van der Waals surface area contributed by atoms with Crippen LogP contribution in [0.15, 0.2) is 10.9 Å². The second-order valence-corrected chi connectivity index (χ2v) is 5.83. The zero-order valence-corrected chi connectivity index (χ0v) is 13.7. The van der Waals surface area contributed by atoms with Crippen LogP contribution in [-0.4, -0.2) is 75.3 Å². The van der Waals surface area contributed by atoms with Crippen LogP contribution >= 0.6 is 11.3 Å². The highest BCUT2D eigenvalue weighted by Gasteiger charge is 2.38. The van der Waals surface area contributed by atoms with Crippen molar-refractivity contribution in [2.45, 2.75) is 25.7 Å². The van der Waals surface area contributed by atoms with Crippen LogP contribution in [0.25, 0.3) is 0 Å². The molecule has 2 N–H and O–H groups in total. The molecule has 2 rings (SSSR count). The fraction of sp³-hybridized carbons (Fsp3) is 0.615. The number of carboxylic acid groups (broad SMARTS) is 2. The molecule has 7 nitrogen and oxygen atoms in total. The van der Waals surface area contributed by atoms with Gasteiger partial charge < -0.3 is 10.2 Å². The van der Waals surface area contributed by atoms with E-state index in [-0.39, 0.29) is 6.04 Å². The molecule has 1 aromatic rings. The Balaban J connectivity index is 0.000000351. The van der Waals surface area contributed by atoms with Crippen molar-refractivity contribution in [2.24, 2.45) is 0 Å². The molecular weight excluding hydrogens is 351 g/mol. The minimum atomic E-state index is -5.08. The highest BCUT2D eigenvalue weighted by atomic mass is 32.1. The summed E-state index contributed by atoms with van der Waals surface area (Å²) in [5.41, 5.74) is 2.95. The van der Waals surface area contributed by atoms with Gasteiger partial charge in [0.05, 0.1) is 11.2 Å². The van der Waals surface area contributed by atoms with Gasteiger partial charge in [-0.2, -0.15) is 13.2 Å². The van der Waals surface area contributed by atoms with Crippen LogP contribution in [0.1, 0.15) is 12.6 Å². The lowest BCUT2D eigenvalue weighted by Crippen LogP contribution is -2.51. The smallest absolute Gasteiger partial charge is 0.480 e. The maximum absolute atomic E-state index is 10.9.